The van der Waals surface area contributed by atoms with Gasteiger partial charge in [0.05, 0.1) is 42.8 Å². The molecule has 3 heterocycles. The molecule has 0 radical (unpaired) electrons. The summed E-state index contributed by atoms with van der Waals surface area (Å²) in [7, 11) is -3.61. The lowest BCUT2D eigenvalue weighted by atomic mass is 10.1. The van der Waals surface area contributed by atoms with E-state index in [4.69, 9.17) is 9.47 Å². The summed E-state index contributed by atoms with van der Waals surface area (Å²) in [4.78, 5) is 4.25. The molecule has 10 heteroatoms. The second-order valence-electron chi connectivity index (χ2n) is 4.85. The zero-order valence-corrected chi connectivity index (χ0v) is 13.3. The van der Waals surface area contributed by atoms with Crippen molar-refractivity contribution in [2.45, 2.75) is 30.1 Å². The molecule has 0 unspecified atom stereocenters. The maximum atomic E-state index is 12.3. The van der Waals surface area contributed by atoms with Crippen LogP contribution in [0.2, 0.25) is 0 Å². The Kier molecular flexibility index (Phi) is 4.84. The Bertz CT molecular complexity index is 672. The summed E-state index contributed by atoms with van der Waals surface area (Å²) in [5.41, 5.74) is 2.56. The van der Waals surface area contributed by atoms with Gasteiger partial charge in [-0.15, -0.1) is 11.3 Å². The number of hydrogen-bond acceptors (Lipinski definition) is 7. The number of nitrogens with zero attached hydrogens (tertiary/aromatic N) is 2. The Morgan fingerprint density at radius 3 is 3.18 bits per heavy atom. The van der Waals surface area contributed by atoms with Gasteiger partial charge in [0.25, 0.3) is 0 Å². The fraction of sp³-hybridized carbons (Fsp3) is 0.500. The fourth-order valence-electron chi connectivity index (χ4n) is 2.17. The van der Waals surface area contributed by atoms with Crippen molar-refractivity contribution in [3.63, 3.8) is 0 Å². The Hall–Kier alpha value is -1.33. The van der Waals surface area contributed by atoms with E-state index < -0.39 is 10.0 Å². The third-order valence-electron chi connectivity index (χ3n) is 3.32. The molecular formula is C12H16N4O4S2. The maximum absolute atomic E-state index is 12.3. The van der Waals surface area contributed by atoms with Gasteiger partial charge >= 0.3 is 0 Å². The normalized spacial score (nSPS) is 22.7. The number of aromatic amines is 1. The molecule has 3 rings (SSSR count). The van der Waals surface area contributed by atoms with Crippen molar-refractivity contribution in [1.82, 2.24) is 19.9 Å². The summed E-state index contributed by atoms with van der Waals surface area (Å²) in [6.45, 7) is 1.18. The highest BCUT2D eigenvalue weighted by Crippen LogP contribution is 2.17. The number of rotatable bonds is 6. The molecular weight excluding hydrogens is 328 g/mol. The predicted octanol–water partition coefficient (Wildman–Crippen LogP) is 0.519. The van der Waals surface area contributed by atoms with Gasteiger partial charge in [-0.05, 0) is 6.42 Å². The van der Waals surface area contributed by atoms with Gasteiger partial charge in [0.1, 0.15) is 4.90 Å². The molecule has 1 saturated heterocycles. The third kappa shape index (κ3) is 3.70. The molecule has 8 nitrogen and oxygen atoms in total. The van der Waals surface area contributed by atoms with Gasteiger partial charge in [-0.3, -0.25) is 5.10 Å². The summed E-state index contributed by atoms with van der Waals surface area (Å²) in [6, 6.07) is -0.340. The number of ether oxygens (including phenoxy) is 2. The first-order valence-corrected chi connectivity index (χ1v) is 9.15. The molecule has 0 spiro atoms. The van der Waals surface area contributed by atoms with Crippen LogP contribution in [-0.4, -0.2) is 49.0 Å². The third-order valence-corrected chi connectivity index (χ3v) is 5.42. The quantitative estimate of drug-likeness (QED) is 0.791. The Morgan fingerprint density at radius 1 is 1.55 bits per heavy atom. The van der Waals surface area contributed by atoms with Crippen LogP contribution >= 0.6 is 11.3 Å². The minimum Gasteiger partial charge on any atom is -0.379 e. The fourth-order valence-corrected chi connectivity index (χ4v) is 3.91. The molecule has 0 saturated carbocycles. The second kappa shape index (κ2) is 6.84. The van der Waals surface area contributed by atoms with Crippen molar-refractivity contribution in [3.8, 4) is 0 Å². The molecule has 120 valence electrons. The van der Waals surface area contributed by atoms with E-state index in [2.05, 4.69) is 19.9 Å². The van der Waals surface area contributed by atoms with Crippen LogP contribution in [0.3, 0.4) is 0 Å². The molecule has 0 aliphatic carbocycles. The number of sulfonamides is 1. The van der Waals surface area contributed by atoms with E-state index >= 15 is 0 Å². The minimum atomic E-state index is -3.61. The number of nitrogens with one attached hydrogen (secondary N) is 2. The van der Waals surface area contributed by atoms with Crippen LogP contribution in [0.25, 0.3) is 0 Å². The highest BCUT2D eigenvalue weighted by Gasteiger charge is 2.31. The molecule has 1 fully saturated rings. The zero-order valence-electron chi connectivity index (χ0n) is 11.6. The van der Waals surface area contributed by atoms with E-state index in [0.717, 1.165) is 5.69 Å². The minimum absolute atomic E-state index is 0.109. The topological polar surface area (TPSA) is 106 Å². The van der Waals surface area contributed by atoms with Crippen molar-refractivity contribution < 1.29 is 17.9 Å². The number of thiazole rings is 1. The average Bonchev–Trinajstić information content (AvgIpc) is 3.20. The van der Waals surface area contributed by atoms with Crippen molar-refractivity contribution in [1.29, 1.82) is 0 Å². The lowest BCUT2D eigenvalue weighted by Crippen LogP contribution is -2.49. The van der Waals surface area contributed by atoms with Crippen LogP contribution in [0.5, 0.6) is 0 Å². The highest BCUT2D eigenvalue weighted by atomic mass is 32.2. The Morgan fingerprint density at radius 2 is 2.45 bits per heavy atom. The first-order chi connectivity index (χ1) is 10.6. The number of aromatic nitrogens is 3. The van der Waals surface area contributed by atoms with Gasteiger partial charge in [-0.2, -0.15) is 5.10 Å². The van der Waals surface area contributed by atoms with Gasteiger partial charge in [0, 0.05) is 18.2 Å². The summed E-state index contributed by atoms with van der Waals surface area (Å²) in [5.74, 6) is 0. The summed E-state index contributed by atoms with van der Waals surface area (Å²) < 4.78 is 38.4. The van der Waals surface area contributed by atoms with Gasteiger partial charge in [-0.25, -0.2) is 18.1 Å². The van der Waals surface area contributed by atoms with E-state index in [1.807, 2.05) is 5.38 Å². The average molecular weight is 344 g/mol. The van der Waals surface area contributed by atoms with E-state index in [-0.39, 0.29) is 17.0 Å². The van der Waals surface area contributed by atoms with Crippen LogP contribution in [0.4, 0.5) is 0 Å². The van der Waals surface area contributed by atoms with Crippen LogP contribution in [0, 0.1) is 0 Å². The SMILES string of the molecule is O=S(=O)(N[C@@H]1CCOC[C@H]1OCc1cscn1)c1cn[nH]c1. The Balaban J connectivity index is 1.65. The van der Waals surface area contributed by atoms with Gasteiger partial charge in [0.15, 0.2) is 0 Å². The van der Waals surface area contributed by atoms with Crippen LogP contribution in [-0.2, 0) is 26.1 Å². The van der Waals surface area contributed by atoms with Crippen LogP contribution in [0.1, 0.15) is 12.1 Å². The van der Waals surface area contributed by atoms with E-state index in [1.54, 1.807) is 5.51 Å². The van der Waals surface area contributed by atoms with Gasteiger partial charge in [-0.1, -0.05) is 0 Å². The van der Waals surface area contributed by atoms with Gasteiger partial charge < -0.3 is 9.47 Å². The number of hydrogen-bond donors (Lipinski definition) is 2. The van der Waals surface area contributed by atoms with Crippen molar-refractivity contribution in [2.75, 3.05) is 13.2 Å². The highest BCUT2D eigenvalue weighted by molar-refractivity contribution is 7.89. The molecule has 2 aromatic heterocycles. The maximum Gasteiger partial charge on any atom is 0.244 e. The molecule has 2 atom stereocenters. The largest absolute Gasteiger partial charge is 0.379 e. The smallest absolute Gasteiger partial charge is 0.244 e. The summed E-state index contributed by atoms with van der Waals surface area (Å²) >= 11 is 1.49. The monoisotopic (exact) mass is 344 g/mol. The van der Waals surface area contributed by atoms with Gasteiger partial charge in [0.2, 0.25) is 10.0 Å². The van der Waals surface area contributed by atoms with E-state index in [0.29, 0.717) is 26.2 Å². The Labute approximate surface area is 131 Å². The molecule has 0 amide bonds. The van der Waals surface area contributed by atoms with Crippen molar-refractivity contribution >= 4 is 21.4 Å². The molecule has 1 aliphatic heterocycles. The standard InChI is InChI=1S/C12H16N4O4S2/c17-22(18,10-3-14-15-4-10)16-11-1-2-19-6-12(11)20-5-9-7-21-8-13-9/h3-4,7-8,11-12,16H,1-2,5-6H2,(H,14,15)/t11-,12-/m1/s1. The molecule has 0 aromatic carbocycles. The molecule has 22 heavy (non-hydrogen) atoms. The molecule has 2 N–H and O–H groups in total. The molecule has 0 bridgehead atoms. The predicted molar refractivity (Wildman–Crippen MR) is 78.8 cm³/mol. The van der Waals surface area contributed by atoms with Crippen molar-refractivity contribution in [3.05, 3.63) is 29.0 Å². The lowest BCUT2D eigenvalue weighted by Gasteiger charge is -2.31. The number of H-pyrrole nitrogens is 1. The zero-order chi connectivity index (χ0) is 15.4. The summed E-state index contributed by atoms with van der Waals surface area (Å²) in [5, 5.41) is 8.06. The van der Waals surface area contributed by atoms with Crippen LogP contribution < -0.4 is 4.72 Å². The van der Waals surface area contributed by atoms with Crippen LogP contribution in [0.15, 0.2) is 28.2 Å². The lowest BCUT2D eigenvalue weighted by molar-refractivity contribution is -0.0717. The van der Waals surface area contributed by atoms with E-state index in [9.17, 15) is 8.42 Å². The second-order valence-corrected chi connectivity index (χ2v) is 7.29. The van der Waals surface area contributed by atoms with E-state index in [1.165, 1.54) is 23.7 Å². The first kappa shape index (κ1) is 15.6. The first-order valence-electron chi connectivity index (χ1n) is 6.73. The van der Waals surface area contributed by atoms with Crippen molar-refractivity contribution in [2.24, 2.45) is 0 Å². The molecule has 2 aromatic rings. The molecule has 1 aliphatic rings. The summed E-state index contributed by atoms with van der Waals surface area (Å²) in [6.07, 6.45) is 2.82.